The molecule has 14 heteroatoms. The van der Waals surface area contributed by atoms with Crippen LogP contribution < -0.4 is 15.8 Å². The number of ether oxygens (including phenoxy) is 3. The van der Waals surface area contributed by atoms with Crippen molar-refractivity contribution in [1.82, 2.24) is 34.9 Å². The van der Waals surface area contributed by atoms with Crippen molar-refractivity contribution in [3.8, 4) is 22.8 Å². The van der Waals surface area contributed by atoms with Crippen molar-refractivity contribution in [2.45, 2.75) is 49.2 Å². The molecule has 2 fully saturated rings. The fraction of sp³-hybridized carbons (Fsp3) is 0.390. The number of piperidine rings is 2. The Hall–Kier alpha value is -5.02. The van der Waals surface area contributed by atoms with Crippen LogP contribution in [0.25, 0.3) is 22.3 Å². The van der Waals surface area contributed by atoms with Crippen LogP contribution in [0.15, 0.2) is 84.0 Å². The number of nitrogens with two attached hydrogens (primary N) is 1. The van der Waals surface area contributed by atoms with Gasteiger partial charge in [0, 0.05) is 54.0 Å². The van der Waals surface area contributed by atoms with E-state index in [2.05, 4.69) is 21.4 Å². The minimum Gasteiger partial charge on any atom is -0.457 e. The van der Waals surface area contributed by atoms with E-state index >= 15 is 0 Å². The number of hydrogen-bond donors (Lipinski definition) is 2. The molecule has 0 radical (unpaired) electrons. The SMILES string of the molecule is Nc1ncnc2c1c(-c1ccc(Oc3ccccc3)cc1)nn2C1CCN(C(=O)COCCOCCSc2cccc3c2CN(C2CCCNC2)C3=O)CC1. The van der Waals surface area contributed by atoms with Gasteiger partial charge in [-0.2, -0.15) is 5.10 Å². The summed E-state index contributed by atoms with van der Waals surface area (Å²) < 4.78 is 19.4. The molecular weight excluding hydrogens is 717 g/mol. The molecule has 2 aromatic heterocycles. The Labute approximate surface area is 324 Å². The van der Waals surface area contributed by atoms with Gasteiger partial charge in [-0.1, -0.05) is 24.3 Å². The number of amides is 2. The molecule has 13 nitrogen and oxygen atoms in total. The number of aromatic nitrogens is 4. The number of rotatable bonds is 14. The molecule has 5 aromatic rings. The molecule has 3 N–H and O–H groups in total. The number of nitrogen functional groups attached to an aromatic ring is 1. The molecule has 5 heterocycles. The van der Waals surface area contributed by atoms with Gasteiger partial charge in [0.25, 0.3) is 5.91 Å². The molecule has 1 unspecified atom stereocenters. The number of anilines is 1. The third-order valence-electron chi connectivity index (χ3n) is 10.5. The van der Waals surface area contributed by atoms with Crippen molar-refractivity contribution in [3.05, 3.63) is 90.3 Å². The summed E-state index contributed by atoms with van der Waals surface area (Å²) in [5, 5.41) is 9.15. The van der Waals surface area contributed by atoms with E-state index in [-0.39, 0.29) is 30.5 Å². The van der Waals surface area contributed by atoms with Gasteiger partial charge >= 0.3 is 0 Å². The van der Waals surface area contributed by atoms with E-state index in [1.54, 1.807) is 11.8 Å². The summed E-state index contributed by atoms with van der Waals surface area (Å²) >= 11 is 1.72. The fourth-order valence-corrected chi connectivity index (χ4v) is 8.60. The summed E-state index contributed by atoms with van der Waals surface area (Å²) in [4.78, 5) is 40.0. The van der Waals surface area contributed by atoms with Crippen molar-refractivity contribution >= 4 is 40.4 Å². The highest BCUT2D eigenvalue weighted by Crippen LogP contribution is 2.36. The normalized spacial score (nSPS) is 17.5. The fourth-order valence-electron chi connectivity index (χ4n) is 7.65. The van der Waals surface area contributed by atoms with Gasteiger partial charge in [-0.15, -0.1) is 11.8 Å². The molecule has 8 rings (SSSR count). The van der Waals surface area contributed by atoms with E-state index in [0.717, 1.165) is 77.6 Å². The zero-order valence-electron chi connectivity index (χ0n) is 30.8. The number of para-hydroxylation sites is 1. The van der Waals surface area contributed by atoms with Crippen LogP contribution in [0.1, 0.15) is 47.6 Å². The molecule has 55 heavy (non-hydrogen) atoms. The lowest BCUT2D eigenvalue weighted by Gasteiger charge is -2.32. The quantitative estimate of drug-likeness (QED) is 0.108. The summed E-state index contributed by atoms with van der Waals surface area (Å²) in [6.07, 6.45) is 5.08. The highest BCUT2D eigenvalue weighted by Gasteiger charge is 2.34. The number of nitrogens with zero attached hydrogens (tertiary/aromatic N) is 6. The number of nitrogens with one attached hydrogen (secondary N) is 1. The van der Waals surface area contributed by atoms with Gasteiger partial charge in [0.15, 0.2) is 5.65 Å². The third kappa shape index (κ3) is 8.32. The maximum absolute atomic E-state index is 13.1. The first kappa shape index (κ1) is 36.9. The second kappa shape index (κ2) is 17.2. The van der Waals surface area contributed by atoms with E-state index in [4.69, 9.17) is 25.0 Å². The Balaban J connectivity index is 0.771. The van der Waals surface area contributed by atoms with E-state index in [1.807, 2.05) is 81.2 Å². The highest BCUT2D eigenvalue weighted by molar-refractivity contribution is 7.99. The van der Waals surface area contributed by atoms with Crippen LogP contribution in [0.4, 0.5) is 5.82 Å². The Bertz CT molecular complexity index is 2100. The van der Waals surface area contributed by atoms with Gasteiger partial charge in [-0.3, -0.25) is 9.59 Å². The number of benzene rings is 3. The summed E-state index contributed by atoms with van der Waals surface area (Å²) in [5.41, 5.74) is 10.6. The largest absolute Gasteiger partial charge is 0.457 e. The number of hydrogen-bond acceptors (Lipinski definition) is 11. The highest BCUT2D eigenvalue weighted by atomic mass is 32.2. The molecule has 3 aromatic carbocycles. The molecule has 1 atom stereocenters. The number of carbonyl (C=O) groups is 2. The topological polar surface area (TPSA) is 150 Å². The average Bonchev–Trinajstić information content (AvgIpc) is 3.79. The van der Waals surface area contributed by atoms with Gasteiger partial charge in [-0.25, -0.2) is 14.6 Å². The van der Waals surface area contributed by atoms with E-state index in [9.17, 15) is 9.59 Å². The second-order valence-electron chi connectivity index (χ2n) is 14.0. The van der Waals surface area contributed by atoms with Crippen LogP contribution in [-0.2, 0) is 20.8 Å². The van der Waals surface area contributed by atoms with Gasteiger partial charge < -0.3 is 35.1 Å². The lowest BCUT2D eigenvalue weighted by atomic mass is 10.1. The van der Waals surface area contributed by atoms with Crippen molar-refractivity contribution in [1.29, 1.82) is 0 Å². The van der Waals surface area contributed by atoms with E-state index in [1.165, 1.54) is 6.33 Å². The zero-order valence-corrected chi connectivity index (χ0v) is 31.6. The van der Waals surface area contributed by atoms with E-state index < -0.39 is 0 Å². The lowest BCUT2D eigenvalue weighted by molar-refractivity contribution is -0.138. The first-order valence-electron chi connectivity index (χ1n) is 19.0. The minimum atomic E-state index is -0.0325. The number of carbonyl (C=O) groups excluding carboxylic acids is 2. The monoisotopic (exact) mass is 762 g/mol. The summed E-state index contributed by atoms with van der Waals surface area (Å²) in [7, 11) is 0. The minimum absolute atomic E-state index is 0.0164. The Morgan fingerprint density at radius 2 is 1.69 bits per heavy atom. The molecule has 0 bridgehead atoms. The van der Waals surface area contributed by atoms with Crippen LogP contribution in [-0.4, -0.2) is 106 Å². The van der Waals surface area contributed by atoms with Gasteiger partial charge in [0.2, 0.25) is 5.91 Å². The van der Waals surface area contributed by atoms with Crippen molar-refractivity contribution < 1.29 is 23.8 Å². The molecule has 286 valence electrons. The predicted octanol–water partition coefficient (Wildman–Crippen LogP) is 5.56. The molecule has 0 spiro atoms. The Kier molecular flexibility index (Phi) is 11.5. The van der Waals surface area contributed by atoms with Crippen LogP contribution in [0.5, 0.6) is 11.5 Å². The predicted molar refractivity (Wildman–Crippen MR) is 211 cm³/mol. The lowest BCUT2D eigenvalue weighted by Crippen LogP contribution is -2.46. The van der Waals surface area contributed by atoms with Crippen LogP contribution >= 0.6 is 11.8 Å². The molecule has 0 saturated carbocycles. The number of fused-ring (bicyclic) bond motifs is 2. The summed E-state index contributed by atoms with van der Waals surface area (Å²) in [5.74, 6) is 2.74. The molecule has 2 amide bonds. The first-order chi connectivity index (χ1) is 27.0. The van der Waals surface area contributed by atoms with E-state index in [0.29, 0.717) is 62.0 Å². The summed E-state index contributed by atoms with van der Waals surface area (Å²) in [6, 6.07) is 23.7. The third-order valence-corrected chi connectivity index (χ3v) is 11.6. The number of thioether (sulfide) groups is 1. The second-order valence-corrected chi connectivity index (χ2v) is 15.2. The van der Waals surface area contributed by atoms with Crippen LogP contribution in [0.2, 0.25) is 0 Å². The van der Waals surface area contributed by atoms with Crippen LogP contribution in [0.3, 0.4) is 0 Å². The van der Waals surface area contributed by atoms with Crippen molar-refractivity contribution in [2.75, 3.05) is 64.1 Å². The first-order valence-corrected chi connectivity index (χ1v) is 20.0. The molecule has 0 aliphatic carbocycles. The average molecular weight is 763 g/mol. The maximum Gasteiger partial charge on any atom is 0.254 e. The van der Waals surface area contributed by atoms with Crippen LogP contribution in [0, 0.1) is 0 Å². The van der Waals surface area contributed by atoms with Gasteiger partial charge in [0.1, 0.15) is 35.9 Å². The zero-order chi connectivity index (χ0) is 37.6. The summed E-state index contributed by atoms with van der Waals surface area (Å²) in [6.45, 7) is 5.07. The van der Waals surface area contributed by atoms with Crippen molar-refractivity contribution in [3.63, 3.8) is 0 Å². The molecule has 3 aliphatic rings. The molecular formula is C41H46N8O5S. The smallest absolute Gasteiger partial charge is 0.254 e. The van der Waals surface area contributed by atoms with Gasteiger partial charge in [0.05, 0.1) is 31.2 Å². The Morgan fingerprint density at radius 3 is 2.49 bits per heavy atom. The number of likely N-dealkylation sites (tertiary alicyclic amines) is 1. The Morgan fingerprint density at radius 1 is 0.891 bits per heavy atom. The van der Waals surface area contributed by atoms with Gasteiger partial charge in [-0.05, 0) is 86.3 Å². The molecule has 2 saturated heterocycles. The standard InChI is InChI=1S/C41H46N8O5S/c42-39-37-38(28-11-13-32(14-12-28)54-31-7-2-1-3-8-31)46-49(40(37)45-27-44-39)29-15-18-47(19-16-29)36(50)26-53-21-20-52-22-23-55-35-10-4-9-33-34(35)25-48(41(33)51)30-6-5-17-43-24-30/h1-4,7-14,27,29-30,43H,5-6,15-26H2,(H2,42,44,45). The molecule has 3 aliphatic heterocycles. The maximum atomic E-state index is 13.1. The van der Waals surface area contributed by atoms with Crippen molar-refractivity contribution in [2.24, 2.45) is 0 Å².